The molecule has 128 valence electrons. The van der Waals surface area contributed by atoms with Crippen LogP contribution in [0.3, 0.4) is 0 Å². The standard InChI is InChI=1S/C11H19NO10/c1-4(14)12-22-10(5(15)2-6(16)11(20)21)9(19)8(18)7(17)3-13/h2,5,7-10,13,15-19H,3H2,1H3,(H,12,14)(H,20,21)/t5-,7+,8+,9-,10+/m0/s1. The molecule has 0 bridgehead atoms. The Kier molecular flexibility index (Phi) is 8.55. The van der Waals surface area contributed by atoms with E-state index in [1.807, 2.05) is 0 Å². The van der Waals surface area contributed by atoms with Gasteiger partial charge in [0.15, 0.2) is 5.76 Å². The molecule has 0 fully saturated rings. The van der Waals surface area contributed by atoms with E-state index in [2.05, 4.69) is 4.84 Å². The number of hydrogen-bond donors (Lipinski definition) is 8. The molecule has 22 heavy (non-hydrogen) atoms. The van der Waals surface area contributed by atoms with Crippen molar-refractivity contribution < 1.29 is 50.2 Å². The summed E-state index contributed by atoms with van der Waals surface area (Å²) in [5, 5.41) is 64.5. The van der Waals surface area contributed by atoms with Gasteiger partial charge >= 0.3 is 5.97 Å². The summed E-state index contributed by atoms with van der Waals surface area (Å²) in [6, 6.07) is 0. The van der Waals surface area contributed by atoms with Crippen LogP contribution in [0, 0.1) is 0 Å². The first-order valence-electron chi connectivity index (χ1n) is 6.01. The van der Waals surface area contributed by atoms with Gasteiger partial charge in [0, 0.05) is 6.92 Å². The van der Waals surface area contributed by atoms with E-state index in [0.717, 1.165) is 6.92 Å². The molecule has 0 heterocycles. The molecular formula is C11H19NO10. The first-order valence-corrected chi connectivity index (χ1v) is 6.01. The molecule has 0 aromatic heterocycles. The Morgan fingerprint density at radius 1 is 1.14 bits per heavy atom. The number of carboxylic acid groups (broad SMARTS) is 1. The van der Waals surface area contributed by atoms with Crippen LogP contribution in [0.5, 0.6) is 0 Å². The minimum absolute atomic E-state index is 0.385. The van der Waals surface area contributed by atoms with Gasteiger partial charge in [-0.3, -0.25) is 9.63 Å². The predicted molar refractivity (Wildman–Crippen MR) is 68.2 cm³/mol. The molecule has 0 radical (unpaired) electrons. The second kappa shape index (κ2) is 9.30. The molecule has 0 saturated carbocycles. The molecular weight excluding hydrogens is 306 g/mol. The summed E-state index contributed by atoms with van der Waals surface area (Å²) in [6.45, 7) is 0.108. The van der Waals surface area contributed by atoms with Crippen molar-refractivity contribution in [3.63, 3.8) is 0 Å². The number of nitrogens with one attached hydrogen (secondary N) is 1. The number of carbonyl (C=O) groups is 2. The Balaban J connectivity index is 5.21. The Hall–Kier alpha value is -1.76. The van der Waals surface area contributed by atoms with E-state index in [4.69, 9.17) is 15.3 Å². The number of aliphatic carboxylic acids is 1. The van der Waals surface area contributed by atoms with E-state index in [1.54, 1.807) is 5.48 Å². The van der Waals surface area contributed by atoms with Crippen molar-refractivity contribution in [3.05, 3.63) is 11.8 Å². The van der Waals surface area contributed by atoms with Crippen LogP contribution in [0.1, 0.15) is 6.92 Å². The van der Waals surface area contributed by atoms with Gasteiger partial charge in [-0.1, -0.05) is 0 Å². The molecule has 0 unspecified atom stereocenters. The van der Waals surface area contributed by atoms with Crippen molar-refractivity contribution in [2.75, 3.05) is 6.61 Å². The van der Waals surface area contributed by atoms with Crippen molar-refractivity contribution in [2.45, 2.75) is 37.4 Å². The smallest absolute Gasteiger partial charge is 0.370 e. The highest BCUT2D eigenvalue weighted by atomic mass is 16.7. The zero-order chi connectivity index (χ0) is 17.4. The molecule has 11 heteroatoms. The average molecular weight is 325 g/mol. The largest absolute Gasteiger partial charge is 0.502 e. The van der Waals surface area contributed by atoms with Crippen LogP contribution in [-0.2, 0) is 14.4 Å². The third kappa shape index (κ3) is 6.34. The van der Waals surface area contributed by atoms with Crippen LogP contribution in [0.2, 0.25) is 0 Å². The summed E-state index contributed by atoms with van der Waals surface area (Å²) < 4.78 is 0. The quantitative estimate of drug-likeness (QED) is 0.119. The highest BCUT2D eigenvalue weighted by Crippen LogP contribution is 2.13. The lowest BCUT2D eigenvalue weighted by molar-refractivity contribution is -0.179. The van der Waals surface area contributed by atoms with E-state index in [-0.39, 0.29) is 0 Å². The second-order valence-electron chi connectivity index (χ2n) is 4.32. The first kappa shape index (κ1) is 20.2. The summed E-state index contributed by atoms with van der Waals surface area (Å²) in [5.41, 5.74) is 1.75. The van der Waals surface area contributed by atoms with Crippen molar-refractivity contribution in [1.29, 1.82) is 0 Å². The van der Waals surface area contributed by atoms with Crippen molar-refractivity contribution in [3.8, 4) is 0 Å². The summed E-state index contributed by atoms with van der Waals surface area (Å²) in [6.07, 6.45) is -9.25. The fraction of sp³-hybridized carbons (Fsp3) is 0.636. The molecule has 0 aliphatic rings. The maximum atomic E-state index is 10.8. The summed E-state index contributed by atoms with van der Waals surface area (Å²) in [7, 11) is 0. The number of amides is 1. The fourth-order valence-corrected chi connectivity index (χ4v) is 1.35. The highest BCUT2D eigenvalue weighted by Gasteiger charge is 2.36. The molecule has 0 aromatic rings. The maximum Gasteiger partial charge on any atom is 0.370 e. The van der Waals surface area contributed by atoms with Gasteiger partial charge in [0.25, 0.3) is 0 Å². The van der Waals surface area contributed by atoms with Gasteiger partial charge in [0.1, 0.15) is 30.5 Å². The number of aliphatic hydroxyl groups is 6. The summed E-state index contributed by atoms with van der Waals surface area (Å²) in [4.78, 5) is 25.9. The number of rotatable bonds is 9. The minimum Gasteiger partial charge on any atom is -0.502 e. The highest BCUT2D eigenvalue weighted by molar-refractivity contribution is 5.83. The van der Waals surface area contributed by atoms with Gasteiger partial charge < -0.3 is 35.7 Å². The second-order valence-corrected chi connectivity index (χ2v) is 4.32. The molecule has 0 saturated heterocycles. The van der Waals surface area contributed by atoms with Crippen LogP contribution in [0.4, 0.5) is 0 Å². The minimum atomic E-state index is -2.04. The molecule has 0 aliphatic heterocycles. The molecule has 11 nitrogen and oxygen atoms in total. The number of hydrogen-bond acceptors (Lipinski definition) is 9. The third-order valence-electron chi connectivity index (χ3n) is 2.49. The van der Waals surface area contributed by atoms with E-state index in [9.17, 15) is 30.0 Å². The lowest BCUT2D eigenvalue weighted by Crippen LogP contribution is -2.52. The van der Waals surface area contributed by atoms with Crippen LogP contribution >= 0.6 is 0 Å². The van der Waals surface area contributed by atoms with Crippen LogP contribution in [0.15, 0.2) is 11.8 Å². The van der Waals surface area contributed by atoms with Gasteiger partial charge in [0.05, 0.1) is 6.61 Å². The monoisotopic (exact) mass is 325 g/mol. The van der Waals surface area contributed by atoms with Crippen molar-refractivity contribution >= 4 is 11.9 Å². The Morgan fingerprint density at radius 3 is 2.09 bits per heavy atom. The number of hydroxylamine groups is 1. The Bertz CT molecular complexity index is 412. The van der Waals surface area contributed by atoms with Crippen LogP contribution < -0.4 is 5.48 Å². The van der Waals surface area contributed by atoms with Crippen molar-refractivity contribution in [1.82, 2.24) is 5.48 Å². The topological polar surface area (TPSA) is 197 Å². The third-order valence-corrected chi connectivity index (χ3v) is 2.49. The lowest BCUT2D eigenvalue weighted by Gasteiger charge is -2.30. The average Bonchev–Trinajstić information content (AvgIpc) is 2.44. The first-order chi connectivity index (χ1) is 10.1. The Labute approximate surface area is 124 Å². The molecule has 1 amide bonds. The summed E-state index contributed by atoms with van der Waals surface area (Å²) >= 11 is 0. The molecule has 0 aliphatic carbocycles. The molecule has 5 atom stereocenters. The van der Waals surface area contributed by atoms with Crippen LogP contribution in [-0.4, -0.2) is 84.7 Å². The predicted octanol–water partition coefficient (Wildman–Crippen LogP) is -3.61. The van der Waals surface area contributed by atoms with Crippen molar-refractivity contribution in [2.24, 2.45) is 0 Å². The maximum absolute atomic E-state index is 10.8. The molecule has 0 rings (SSSR count). The molecule has 8 N–H and O–H groups in total. The zero-order valence-electron chi connectivity index (χ0n) is 11.5. The van der Waals surface area contributed by atoms with Gasteiger partial charge in [-0.15, -0.1) is 0 Å². The molecule has 0 aromatic carbocycles. The van der Waals surface area contributed by atoms with E-state index >= 15 is 0 Å². The number of carboxylic acids is 1. The summed E-state index contributed by atoms with van der Waals surface area (Å²) in [5.74, 6) is -3.79. The van der Waals surface area contributed by atoms with E-state index in [1.165, 1.54) is 0 Å². The van der Waals surface area contributed by atoms with Gasteiger partial charge in [0.2, 0.25) is 5.91 Å². The van der Waals surface area contributed by atoms with Gasteiger partial charge in [-0.05, 0) is 6.08 Å². The number of aliphatic hydroxyl groups excluding tert-OH is 6. The number of carbonyl (C=O) groups excluding carboxylic acids is 1. The van der Waals surface area contributed by atoms with E-state index in [0.29, 0.717) is 6.08 Å². The SMILES string of the molecule is CC(=O)NO[C@@H]([C@@H](O)[C@H](O)[C@H](O)CO)[C@@H](O)C=C(O)C(=O)O. The Morgan fingerprint density at radius 2 is 1.68 bits per heavy atom. The normalized spacial score (nSPS) is 18.9. The van der Waals surface area contributed by atoms with E-state index < -0.39 is 54.8 Å². The zero-order valence-corrected chi connectivity index (χ0v) is 11.5. The van der Waals surface area contributed by atoms with Crippen LogP contribution in [0.25, 0.3) is 0 Å². The van der Waals surface area contributed by atoms with Gasteiger partial charge in [-0.25, -0.2) is 10.3 Å². The lowest BCUT2D eigenvalue weighted by atomic mass is 9.99. The van der Waals surface area contributed by atoms with Gasteiger partial charge in [-0.2, -0.15) is 0 Å². The molecule has 0 spiro atoms. The fourth-order valence-electron chi connectivity index (χ4n) is 1.35.